The minimum Gasteiger partial charge on any atom is -0.295 e. The van der Waals surface area contributed by atoms with E-state index in [4.69, 9.17) is 0 Å². The SMILES string of the molecule is Cc1ccc(C(=O)CN(C)C2CCS(=O)(=O)C2)c(C)c1. The molecule has 0 N–H and O–H groups in total. The molecule has 1 unspecified atom stereocenters. The summed E-state index contributed by atoms with van der Waals surface area (Å²) in [6.07, 6.45) is 0.624. The fraction of sp³-hybridized carbons (Fsp3) is 0.533. The van der Waals surface area contributed by atoms with E-state index in [1.807, 2.05) is 44.0 Å². The second kappa shape index (κ2) is 5.66. The summed E-state index contributed by atoms with van der Waals surface area (Å²) >= 11 is 0. The van der Waals surface area contributed by atoms with Crippen LogP contribution in [-0.2, 0) is 9.84 Å². The molecule has 1 aliphatic rings. The smallest absolute Gasteiger partial charge is 0.177 e. The molecule has 1 atom stereocenters. The lowest BCUT2D eigenvalue weighted by atomic mass is 10.0. The number of ketones is 1. The number of sulfone groups is 1. The van der Waals surface area contributed by atoms with Crippen LogP contribution in [0.5, 0.6) is 0 Å². The zero-order chi connectivity index (χ0) is 14.9. The van der Waals surface area contributed by atoms with Gasteiger partial charge in [-0.1, -0.05) is 23.8 Å². The van der Waals surface area contributed by atoms with Gasteiger partial charge in [0.15, 0.2) is 15.6 Å². The monoisotopic (exact) mass is 295 g/mol. The predicted molar refractivity (Wildman–Crippen MR) is 79.9 cm³/mol. The van der Waals surface area contributed by atoms with Crippen LogP contribution in [-0.4, -0.2) is 50.2 Å². The Hall–Kier alpha value is -1.20. The Kier molecular flexibility index (Phi) is 4.30. The number of aryl methyl sites for hydroxylation is 2. The number of Topliss-reactive ketones (excluding diaryl/α,β-unsaturated/α-hetero) is 1. The lowest BCUT2D eigenvalue weighted by Crippen LogP contribution is -2.36. The standard InChI is InChI=1S/C15H21NO3S/c1-11-4-5-14(12(2)8-11)15(17)9-16(3)13-6-7-20(18,19)10-13/h4-5,8,13H,6-7,9-10H2,1-3H3. The molecule has 1 heterocycles. The molecule has 0 amide bonds. The average molecular weight is 295 g/mol. The summed E-state index contributed by atoms with van der Waals surface area (Å²) in [6, 6.07) is 5.74. The third-order valence-electron chi connectivity index (χ3n) is 3.91. The van der Waals surface area contributed by atoms with Gasteiger partial charge in [0.05, 0.1) is 18.1 Å². The van der Waals surface area contributed by atoms with Gasteiger partial charge in [-0.3, -0.25) is 9.69 Å². The number of likely N-dealkylation sites (N-methyl/N-ethyl adjacent to an activating group) is 1. The first kappa shape index (κ1) is 15.2. The van der Waals surface area contributed by atoms with Crippen molar-refractivity contribution in [2.24, 2.45) is 0 Å². The molecule has 1 aliphatic heterocycles. The molecule has 0 bridgehead atoms. The Morgan fingerprint density at radius 1 is 1.35 bits per heavy atom. The molecule has 0 spiro atoms. The van der Waals surface area contributed by atoms with E-state index in [1.54, 1.807) is 0 Å². The minimum atomic E-state index is -2.91. The van der Waals surface area contributed by atoms with Crippen molar-refractivity contribution in [3.63, 3.8) is 0 Å². The minimum absolute atomic E-state index is 0.0327. The van der Waals surface area contributed by atoms with E-state index in [0.717, 1.165) is 16.7 Å². The van der Waals surface area contributed by atoms with Crippen LogP contribution in [0.1, 0.15) is 27.9 Å². The van der Waals surface area contributed by atoms with Gasteiger partial charge in [-0.15, -0.1) is 0 Å². The van der Waals surface area contributed by atoms with Crippen molar-refractivity contribution in [1.82, 2.24) is 4.90 Å². The van der Waals surface area contributed by atoms with Crippen LogP contribution >= 0.6 is 0 Å². The van der Waals surface area contributed by atoms with Crippen LogP contribution in [0.2, 0.25) is 0 Å². The predicted octanol–water partition coefficient (Wildman–Crippen LogP) is 1.61. The average Bonchev–Trinajstić information content (AvgIpc) is 2.69. The lowest BCUT2D eigenvalue weighted by Gasteiger charge is -2.22. The second-order valence-corrected chi connectivity index (χ2v) is 7.94. The Morgan fingerprint density at radius 3 is 2.60 bits per heavy atom. The molecule has 0 aromatic heterocycles. The molecule has 1 saturated heterocycles. The molecular weight excluding hydrogens is 274 g/mol. The van der Waals surface area contributed by atoms with Gasteiger partial charge in [0.1, 0.15) is 0 Å². The van der Waals surface area contributed by atoms with E-state index in [-0.39, 0.29) is 29.9 Å². The van der Waals surface area contributed by atoms with Gasteiger partial charge in [0.2, 0.25) is 0 Å². The van der Waals surface area contributed by atoms with Crippen molar-refractivity contribution >= 4 is 15.6 Å². The Labute approximate surface area is 120 Å². The second-order valence-electron chi connectivity index (χ2n) is 5.71. The summed E-state index contributed by atoms with van der Waals surface area (Å²) in [7, 11) is -1.08. The maximum Gasteiger partial charge on any atom is 0.177 e. The molecule has 0 saturated carbocycles. The molecule has 20 heavy (non-hydrogen) atoms. The van der Waals surface area contributed by atoms with Crippen LogP contribution in [0.4, 0.5) is 0 Å². The van der Waals surface area contributed by atoms with Crippen molar-refractivity contribution in [2.45, 2.75) is 26.3 Å². The highest BCUT2D eigenvalue weighted by Crippen LogP contribution is 2.18. The first-order valence-corrected chi connectivity index (χ1v) is 8.62. The van der Waals surface area contributed by atoms with E-state index < -0.39 is 9.84 Å². The Morgan fingerprint density at radius 2 is 2.05 bits per heavy atom. The molecule has 0 aliphatic carbocycles. The van der Waals surface area contributed by atoms with Crippen molar-refractivity contribution < 1.29 is 13.2 Å². The lowest BCUT2D eigenvalue weighted by molar-refractivity contribution is 0.0926. The largest absolute Gasteiger partial charge is 0.295 e. The van der Waals surface area contributed by atoms with Crippen molar-refractivity contribution in [2.75, 3.05) is 25.1 Å². The van der Waals surface area contributed by atoms with E-state index in [9.17, 15) is 13.2 Å². The van der Waals surface area contributed by atoms with Crippen LogP contribution in [0.25, 0.3) is 0 Å². The maximum atomic E-state index is 12.3. The van der Waals surface area contributed by atoms with Crippen LogP contribution in [0, 0.1) is 13.8 Å². The van der Waals surface area contributed by atoms with E-state index >= 15 is 0 Å². The number of hydrogen-bond acceptors (Lipinski definition) is 4. The van der Waals surface area contributed by atoms with Gasteiger partial charge in [0.25, 0.3) is 0 Å². The van der Waals surface area contributed by atoms with Crippen molar-refractivity contribution in [3.05, 3.63) is 34.9 Å². The number of nitrogens with zero attached hydrogens (tertiary/aromatic N) is 1. The number of rotatable bonds is 4. The summed E-state index contributed by atoms with van der Waals surface area (Å²) in [4.78, 5) is 14.2. The third-order valence-corrected chi connectivity index (χ3v) is 5.66. The maximum absolute atomic E-state index is 12.3. The van der Waals surface area contributed by atoms with E-state index in [0.29, 0.717) is 6.42 Å². The number of carbonyl (C=O) groups is 1. The van der Waals surface area contributed by atoms with Gasteiger partial charge in [-0.2, -0.15) is 0 Å². The molecule has 1 aromatic carbocycles. The molecule has 1 aromatic rings. The van der Waals surface area contributed by atoms with Gasteiger partial charge in [-0.05, 0) is 32.9 Å². The number of carbonyl (C=O) groups excluding carboxylic acids is 1. The highest BCUT2D eigenvalue weighted by Gasteiger charge is 2.31. The molecular formula is C15H21NO3S. The summed E-state index contributed by atoms with van der Waals surface area (Å²) in [5.41, 5.74) is 2.83. The van der Waals surface area contributed by atoms with E-state index in [2.05, 4.69) is 0 Å². The first-order chi connectivity index (χ1) is 9.28. The summed E-state index contributed by atoms with van der Waals surface area (Å²) in [5.74, 6) is 0.456. The van der Waals surface area contributed by atoms with Gasteiger partial charge in [-0.25, -0.2) is 8.42 Å². The quantitative estimate of drug-likeness (QED) is 0.792. The van der Waals surface area contributed by atoms with Crippen molar-refractivity contribution in [1.29, 1.82) is 0 Å². The summed E-state index contributed by atoms with van der Waals surface area (Å²) in [5, 5.41) is 0. The van der Waals surface area contributed by atoms with Crippen LogP contribution < -0.4 is 0 Å². The summed E-state index contributed by atoms with van der Waals surface area (Å²) < 4.78 is 23.0. The fourth-order valence-corrected chi connectivity index (χ4v) is 4.50. The number of benzene rings is 1. The molecule has 4 nitrogen and oxygen atoms in total. The number of hydrogen-bond donors (Lipinski definition) is 0. The topological polar surface area (TPSA) is 54.5 Å². The highest BCUT2D eigenvalue weighted by molar-refractivity contribution is 7.91. The van der Waals surface area contributed by atoms with Crippen molar-refractivity contribution in [3.8, 4) is 0 Å². The fourth-order valence-electron chi connectivity index (χ4n) is 2.69. The first-order valence-electron chi connectivity index (χ1n) is 6.79. The van der Waals surface area contributed by atoms with Gasteiger partial charge < -0.3 is 0 Å². The molecule has 2 rings (SSSR count). The van der Waals surface area contributed by atoms with Crippen LogP contribution in [0.3, 0.4) is 0 Å². The van der Waals surface area contributed by atoms with E-state index in [1.165, 1.54) is 0 Å². The molecule has 5 heteroatoms. The molecule has 0 radical (unpaired) electrons. The third kappa shape index (κ3) is 3.46. The Balaban J connectivity index is 2.04. The summed E-state index contributed by atoms with van der Waals surface area (Å²) in [6.45, 7) is 4.20. The van der Waals surface area contributed by atoms with Gasteiger partial charge in [0, 0.05) is 11.6 Å². The zero-order valence-corrected chi connectivity index (χ0v) is 13.0. The van der Waals surface area contributed by atoms with Gasteiger partial charge >= 0.3 is 0 Å². The Bertz CT molecular complexity index is 622. The molecule has 1 fully saturated rings. The van der Waals surface area contributed by atoms with Crippen LogP contribution in [0.15, 0.2) is 18.2 Å². The zero-order valence-electron chi connectivity index (χ0n) is 12.2. The normalized spacial score (nSPS) is 21.3. The molecule has 110 valence electrons. The highest BCUT2D eigenvalue weighted by atomic mass is 32.2.